The van der Waals surface area contributed by atoms with Gasteiger partial charge in [-0.25, -0.2) is 0 Å². The van der Waals surface area contributed by atoms with Crippen molar-refractivity contribution in [3.05, 3.63) is 68.9 Å². The minimum atomic E-state index is -0.0499. The van der Waals surface area contributed by atoms with Crippen molar-refractivity contribution in [2.75, 3.05) is 6.54 Å². The molecule has 0 aliphatic carbocycles. The number of carbonyl (C=O) groups is 1. The first-order chi connectivity index (χ1) is 9.60. The average molecular weight is 326 g/mol. The molecule has 0 saturated carbocycles. The fourth-order valence-electron chi connectivity index (χ4n) is 1.77. The summed E-state index contributed by atoms with van der Waals surface area (Å²) in [6.45, 7) is 4.70. The van der Waals surface area contributed by atoms with Crippen LogP contribution in [-0.4, -0.2) is 17.4 Å². The number of amides is 1. The Bertz CT molecular complexity index is 607. The molecule has 0 aliphatic rings. The topological polar surface area (TPSA) is 20.3 Å². The van der Waals surface area contributed by atoms with E-state index in [-0.39, 0.29) is 5.91 Å². The summed E-state index contributed by atoms with van der Waals surface area (Å²) in [6, 6.07) is 10.6. The van der Waals surface area contributed by atoms with Crippen LogP contribution >= 0.6 is 34.5 Å². The van der Waals surface area contributed by atoms with E-state index in [1.807, 2.05) is 12.1 Å². The zero-order chi connectivity index (χ0) is 14.5. The molecule has 2 aromatic rings. The van der Waals surface area contributed by atoms with Gasteiger partial charge in [-0.2, -0.15) is 0 Å². The van der Waals surface area contributed by atoms with Crippen LogP contribution in [0, 0.1) is 0 Å². The maximum atomic E-state index is 12.5. The van der Waals surface area contributed by atoms with E-state index in [9.17, 15) is 4.79 Å². The summed E-state index contributed by atoms with van der Waals surface area (Å²) in [5, 5.41) is 0.613. The van der Waals surface area contributed by atoms with E-state index < -0.39 is 0 Å². The molecule has 104 valence electrons. The maximum absolute atomic E-state index is 12.5. The van der Waals surface area contributed by atoms with Gasteiger partial charge in [0, 0.05) is 22.0 Å². The number of carbonyl (C=O) groups excluding carboxylic acids is 1. The lowest BCUT2D eigenvalue weighted by Crippen LogP contribution is -2.30. The molecule has 5 heteroatoms. The summed E-state index contributed by atoms with van der Waals surface area (Å²) in [4.78, 5) is 15.2. The van der Waals surface area contributed by atoms with Gasteiger partial charge < -0.3 is 4.90 Å². The van der Waals surface area contributed by atoms with Crippen molar-refractivity contribution in [1.82, 2.24) is 4.90 Å². The lowest BCUT2D eigenvalue weighted by Gasteiger charge is -2.20. The molecule has 2 rings (SSSR count). The summed E-state index contributed by atoms with van der Waals surface area (Å²) in [7, 11) is 0. The van der Waals surface area contributed by atoms with Crippen molar-refractivity contribution in [2.45, 2.75) is 6.54 Å². The number of hydrogen-bond acceptors (Lipinski definition) is 2. The largest absolute Gasteiger partial charge is 0.330 e. The number of hydrogen-bond donors (Lipinski definition) is 0. The summed E-state index contributed by atoms with van der Waals surface area (Å²) in [6.07, 6.45) is 1.71. The van der Waals surface area contributed by atoms with E-state index in [0.717, 1.165) is 9.21 Å². The second-order valence-electron chi connectivity index (χ2n) is 4.19. The summed E-state index contributed by atoms with van der Waals surface area (Å²) in [5.41, 5.74) is 0.610. The van der Waals surface area contributed by atoms with Crippen LogP contribution in [-0.2, 0) is 6.54 Å². The van der Waals surface area contributed by atoms with Crippen molar-refractivity contribution < 1.29 is 4.79 Å². The van der Waals surface area contributed by atoms with E-state index in [1.165, 1.54) is 11.3 Å². The van der Waals surface area contributed by atoms with Gasteiger partial charge in [0.05, 0.1) is 10.9 Å². The SMILES string of the molecule is C=CCN(Cc1ccc(Cl)s1)C(=O)c1ccc(Cl)cc1. The van der Waals surface area contributed by atoms with Crippen LogP contribution in [0.25, 0.3) is 0 Å². The van der Waals surface area contributed by atoms with Gasteiger partial charge in [-0.15, -0.1) is 17.9 Å². The first-order valence-corrected chi connectivity index (χ1v) is 7.57. The lowest BCUT2D eigenvalue weighted by atomic mass is 10.2. The van der Waals surface area contributed by atoms with Crippen LogP contribution in [0.15, 0.2) is 49.1 Å². The number of nitrogens with zero attached hydrogens (tertiary/aromatic N) is 1. The van der Waals surface area contributed by atoms with Crippen molar-refractivity contribution in [3.63, 3.8) is 0 Å². The Hall–Kier alpha value is -1.29. The Labute approximate surface area is 132 Å². The molecular weight excluding hydrogens is 313 g/mol. The Balaban J connectivity index is 2.17. The second kappa shape index (κ2) is 6.93. The predicted molar refractivity (Wildman–Crippen MR) is 85.7 cm³/mol. The fraction of sp³-hybridized carbons (Fsp3) is 0.133. The zero-order valence-corrected chi connectivity index (χ0v) is 13.0. The number of halogens is 2. The highest BCUT2D eigenvalue weighted by atomic mass is 35.5. The van der Waals surface area contributed by atoms with Crippen molar-refractivity contribution >= 4 is 40.4 Å². The van der Waals surface area contributed by atoms with Crippen molar-refractivity contribution in [3.8, 4) is 0 Å². The smallest absolute Gasteiger partial charge is 0.254 e. The highest BCUT2D eigenvalue weighted by molar-refractivity contribution is 7.16. The number of benzene rings is 1. The molecule has 1 aromatic carbocycles. The molecule has 0 bridgehead atoms. The number of rotatable bonds is 5. The molecular formula is C15H13Cl2NOS. The molecule has 1 amide bonds. The van der Waals surface area contributed by atoms with E-state index >= 15 is 0 Å². The Kier molecular flexibility index (Phi) is 5.24. The monoisotopic (exact) mass is 325 g/mol. The minimum Gasteiger partial charge on any atom is -0.330 e. The normalized spacial score (nSPS) is 10.3. The van der Waals surface area contributed by atoms with Crippen LogP contribution in [0.3, 0.4) is 0 Å². The molecule has 1 heterocycles. The Morgan fingerprint density at radius 2 is 1.90 bits per heavy atom. The summed E-state index contributed by atoms with van der Waals surface area (Å²) < 4.78 is 0.720. The molecule has 1 aromatic heterocycles. The van der Waals surface area contributed by atoms with Gasteiger partial charge >= 0.3 is 0 Å². The van der Waals surface area contributed by atoms with Gasteiger partial charge in [0.1, 0.15) is 0 Å². The van der Waals surface area contributed by atoms with Gasteiger partial charge in [0.25, 0.3) is 5.91 Å². The van der Waals surface area contributed by atoms with Gasteiger partial charge in [0.2, 0.25) is 0 Å². The third-order valence-corrected chi connectivity index (χ3v) is 4.17. The van der Waals surface area contributed by atoms with E-state index in [4.69, 9.17) is 23.2 Å². The lowest BCUT2D eigenvalue weighted by molar-refractivity contribution is 0.0764. The molecule has 0 spiro atoms. The first kappa shape index (κ1) is 15.1. The van der Waals surface area contributed by atoms with E-state index in [2.05, 4.69) is 6.58 Å². The van der Waals surface area contributed by atoms with Crippen LogP contribution in [0.4, 0.5) is 0 Å². The van der Waals surface area contributed by atoms with Crippen LogP contribution in [0.5, 0.6) is 0 Å². The molecule has 0 saturated heterocycles. The van der Waals surface area contributed by atoms with Crippen molar-refractivity contribution in [1.29, 1.82) is 0 Å². The van der Waals surface area contributed by atoms with Crippen molar-refractivity contribution in [2.24, 2.45) is 0 Å². The number of thiophene rings is 1. The average Bonchev–Trinajstić information content (AvgIpc) is 2.84. The van der Waals surface area contributed by atoms with Gasteiger partial charge in [-0.05, 0) is 36.4 Å². The third-order valence-electron chi connectivity index (χ3n) is 2.70. The maximum Gasteiger partial charge on any atom is 0.254 e. The second-order valence-corrected chi connectivity index (χ2v) is 6.42. The molecule has 2 nitrogen and oxygen atoms in total. The van der Waals surface area contributed by atoms with Crippen LogP contribution in [0.2, 0.25) is 9.36 Å². The van der Waals surface area contributed by atoms with Gasteiger partial charge in [0.15, 0.2) is 0 Å². The standard InChI is InChI=1S/C15H13Cl2NOS/c1-2-9-18(10-13-7-8-14(17)20-13)15(19)11-3-5-12(16)6-4-11/h2-8H,1,9-10H2. The predicted octanol–water partition coefficient (Wildman–Crippen LogP) is 4.88. The van der Waals surface area contributed by atoms with Gasteiger partial charge in [-0.3, -0.25) is 4.79 Å². The van der Waals surface area contributed by atoms with E-state index in [1.54, 1.807) is 35.2 Å². The molecule has 0 radical (unpaired) electrons. The molecule has 0 fully saturated rings. The highest BCUT2D eigenvalue weighted by Gasteiger charge is 2.15. The quantitative estimate of drug-likeness (QED) is 0.717. The minimum absolute atomic E-state index is 0.0499. The van der Waals surface area contributed by atoms with Crippen LogP contribution in [0.1, 0.15) is 15.2 Å². The Morgan fingerprint density at radius 1 is 1.20 bits per heavy atom. The zero-order valence-electron chi connectivity index (χ0n) is 10.7. The molecule has 0 aliphatic heterocycles. The first-order valence-electron chi connectivity index (χ1n) is 6.00. The molecule has 0 N–H and O–H groups in total. The molecule has 0 unspecified atom stereocenters. The third kappa shape index (κ3) is 3.85. The summed E-state index contributed by atoms with van der Waals surface area (Å²) in [5.74, 6) is -0.0499. The fourth-order valence-corrected chi connectivity index (χ4v) is 3.00. The van der Waals surface area contributed by atoms with Gasteiger partial charge in [-0.1, -0.05) is 29.3 Å². The van der Waals surface area contributed by atoms with E-state index in [0.29, 0.717) is 23.7 Å². The highest BCUT2D eigenvalue weighted by Crippen LogP contribution is 2.23. The summed E-state index contributed by atoms with van der Waals surface area (Å²) >= 11 is 13.2. The molecule has 20 heavy (non-hydrogen) atoms. The Morgan fingerprint density at radius 3 is 2.45 bits per heavy atom. The van der Waals surface area contributed by atoms with Crippen LogP contribution < -0.4 is 0 Å². The molecule has 0 atom stereocenters.